The van der Waals surface area contributed by atoms with E-state index in [-0.39, 0.29) is 5.69 Å². The van der Waals surface area contributed by atoms with Crippen molar-refractivity contribution in [2.75, 3.05) is 5.32 Å². The maximum Gasteiger partial charge on any atom is 0.417 e. The number of nitrogens with one attached hydrogen (secondary N) is 1. The van der Waals surface area contributed by atoms with Crippen molar-refractivity contribution in [2.24, 2.45) is 0 Å². The Hall–Kier alpha value is -2.57. The van der Waals surface area contributed by atoms with Gasteiger partial charge in [-0.1, -0.05) is 0 Å². The summed E-state index contributed by atoms with van der Waals surface area (Å²) < 4.78 is 38.5. The van der Waals surface area contributed by atoms with Gasteiger partial charge in [0.25, 0.3) is 0 Å². The molecule has 1 aromatic carbocycles. The van der Waals surface area contributed by atoms with Gasteiger partial charge in [-0.3, -0.25) is 4.98 Å². The number of aromatic nitrogens is 1. The number of carboxylic acid groups (broad SMARTS) is 1. The summed E-state index contributed by atoms with van der Waals surface area (Å²) in [6.45, 7) is 0. The second-order valence-corrected chi connectivity index (χ2v) is 3.92. The molecule has 0 spiro atoms. The zero-order valence-corrected chi connectivity index (χ0v) is 9.98. The smallest absolute Gasteiger partial charge is 0.417 e. The second kappa shape index (κ2) is 5.20. The minimum Gasteiger partial charge on any atom is -0.478 e. The highest BCUT2D eigenvalue weighted by atomic mass is 19.4. The Morgan fingerprint density at radius 3 is 2.30 bits per heavy atom. The number of carboxylic acids is 1. The number of anilines is 2. The Morgan fingerprint density at radius 1 is 1.10 bits per heavy atom. The van der Waals surface area contributed by atoms with Gasteiger partial charge in [0.15, 0.2) is 0 Å². The SMILES string of the molecule is O=C(O)c1ccc(Nc2ccncc2)cc1C(F)(F)F. The molecule has 1 aromatic heterocycles. The molecule has 7 heteroatoms. The minimum atomic E-state index is -4.73. The Morgan fingerprint density at radius 2 is 1.75 bits per heavy atom. The molecule has 2 rings (SSSR count). The van der Waals surface area contributed by atoms with E-state index < -0.39 is 23.3 Å². The molecule has 2 N–H and O–H groups in total. The number of alkyl halides is 3. The number of hydrogen-bond acceptors (Lipinski definition) is 3. The quantitative estimate of drug-likeness (QED) is 0.903. The molecule has 2 aromatic rings. The third-order valence-electron chi connectivity index (χ3n) is 2.52. The van der Waals surface area contributed by atoms with E-state index in [4.69, 9.17) is 5.11 Å². The number of nitrogens with zero attached hydrogens (tertiary/aromatic N) is 1. The Balaban J connectivity index is 2.40. The van der Waals surface area contributed by atoms with Crippen molar-refractivity contribution in [2.45, 2.75) is 6.18 Å². The first kappa shape index (κ1) is 13.9. The van der Waals surface area contributed by atoms with Crippen LogP contribution in [0.2, 0.25) is 0 Å². The molecular formula is C13H9F3N2O2. The molecule has 104 valence electrons. The lowest BCUT2D eigenvalue weighted by atomic mass is 10.1. The van der Waals surface area contributed by atoms with Gasteiger partial charge in [-0.15, -0.1) is 0 Å². The molecule has 0 saturated heterocycles. The van der Waals surface area contributed by atoms with Gasteiger partial charge < -0.3 is 10.4 Å². The number of benzene rings is 1. The summed E-state index contributed by atoms with van der Waals surface area (Å²) in [5, 5.41) is 11.5. The Bertz CT molecular complexity index is 627. The van der Waals surface area contributed by atoms with Gasteiger partial charge in [0, 0.05) is 23.8 Å². The van der Waals surface area contributed by atoms with E-state index in [1.807, 2.05) is 0 Å². The fourth-order valence-corrected chi connectivity index (χ4v) is 1.64. The molecule has 0 radical (unpaired) electrons. The van der Waals surface area contributed by atoms with Crippen molar-refractivity contribution in [3.8, 4) is 0 Å². The molecule has 0 aliphatic rings. The molecule has 0 aliphatic heterocycles. The molecular weight excluding hydrogens is 273 g/mol. The molecule has 20 heavy (non-hydrogen) atoms. The van der Waals surface area contributed by atoms with Gasteiger partial charge in [0.1, 0.15) is 0 Å². The van der Waals surface area contributed by atoms with Crippen molar-refractivity contribution in [3.05, 3.63) is 53.9 Å². The topological polar surface area (TPSA) is 62.2 Å². The fourth-order valence-electron chi connectivity index (χ4n) is 1.64. The van der Waals surface area contributed by atoms with Crippen LogP contribution in [0.25, 0.3) is 0 Å². The maximum absolute atomic E-state index is 12.8. The van der Waals surface area contributed by atoms with Gasteiger partial charge in [-0.25, -0.2) is 4.79 Å². The first-order valence-corrected chi connectivity index (χ1v) is 5.49. The summed E-state index contributed by atoms with van der Waals surface area (Å²) in [4.78, 5) is 14.6. The molecule has 0 atom stereocenters. The van der Waals surface area contributed by atoms with Crippen LogP contribution in [-0.2, 0) is 6.18 Å². The third kappa shape index (κ3) is 3.05. The summed E-state index contributed by atoms with van der Waals surface area (Å²) in [5.74, 6) is -1.62. The molecule has 0 bridgehead atoms. The zero-order chi connectivity index (χ0) is 14.8. The zero-order valence-electron chi connectivity index (χ0n) is 9.98. The summed E-state index contributed by atoms with van der Waals surface area (Å²) >= 11 is 0. The fraction of sp³-hybridized carbons (Fsp3) is 0.0769. The van der Waals surface area contributed by atoms with E-state index in [9.17, 15) is 18.0 Å². The van der Waals surface area contributed by atoms with Crippen LogP contribution in [0.5, 0.6) is 0 Å². The van der Waals surface area contributed by atoms with Crippen LogP contribution in [0, 0.1) is 0 Å². The molecule has 1 heterocycles. The number of pyridine rings is 1. The van der Waals surface area contributed by atoms with Crippen LogP contribution in [0.3, 0.4) is 0 Å². The van der Waals surface area contributed by atoms with E-state index in [1.165, 1.54) is 18.5 Å². The van der Waals surface area contributed by atoms with Crippen LogP contribution < -0.4 is 5.32 Å². The average Bonchev–Trinajstić information content (AvgIpc) is 2.38. The minimum absolute atomic E-state index is 0.147. The lowest BCUT2D eigenvalue weighted by Crippen LogP contribution is -2.13. The van der Waals surface area contributed by atoms with Crippen molar-refractivity contribution < 1.29 is 23.1 Å². The van der Waals surface area contributed by atoms with Crippen molar-refractivity contribution >= 4 is 17.3 Å². The van der Waals surface area contributed by atoms with Gasteiger partial charge in [0.05, 0.1) is 11.1 Å². The van der Waals surface area contributed by atoms with Crippen LogP contribution >= 0.6 is 0 Å². The van der Waals surface area contributed by atoms with Crippen LogP contribution in [0.1, 0.15) is 15.9 Å². The van der Waals surface area contributed by atoms with Gasteiger partial charge in [-0.2, -0.15) is 13.2 Å². The monoisotopic (exact) mass is 282 g/mol. The van der Waals surface area contributed by atoms with Crippen LogP contribution in [0.4, 0.5) is 24.5 Å². The Kier molecular flexibility index (Phi) is 3.60. The molecule has 4 nitrogen and oxygen atoms in total. The van der Waals surface area contributed by atoms with E-state index >= 15 is 0 Å². The normalized spacial score (nSPS) is 11.2. The van der Waals surface area contributed by atoms with Crippen LogP contribution in [-0.4, -0.2) is 16.1 Å². The number of aromatic carboxylic acids is 1. The number of halogens is 3. The highest BCUT2D eigenvalue weighted by Gasteiger charge is 2.35. The van der Waals surface area contributed by atoms with E-state index in [0.717, 1.165) is 12.1 Å². The summed E-state index contributed by atoms with van der Waals surface area (Å²) in [5.41, 5.74) is -1.27. The number of hydrogen-bond donors (Lipinski definition) is 2. The van der Waals surface area contributed by atoms with Gasteiger partial charge in [-0.05, 0) is 30.3 Å². The highest BCUT2D eigenvalue weighted by Crippen LogP contribution is 2.34. The van der Waals surface area contributed by atoms with Crippen molar-refractivity contribution in [1.82, 2.24) is 4.98 Å². The Labute approximate surface area is 111 Å². The second-order valence-electron chi connectivity index (χ2n) is 3.92. The number of rotatable bonds is 3. The first-order chi connectivity index (χ1) is 9.38. The molecule has 0 unspecified atom stereocenters. The first-order valence-electron chi connectivity index (χ1n) is 5.49. The third-order valence-corrected chi connectivity index (χ3v) is 2.52. The number of carbonyl (C=O) groups is 1. The molecule has 0 aliphatic carbocycles. The summed E-state index contributed by atoms with van der Waals surface area (Å²) in [6, 6.07) is 6.13. The van der Waals surface area contributed by atoms with Crippen LogP contribution in [0.15, 0.2) is 42.7 Å². The van der Waals surface area contributed by atoms with E-state index in [2.05, 4.69) is 10.3 Å². The average molecular weight is 282 g/mol. The predicted molar refractivity (Wildman–Crippen MR) is 65.9 cm³/mol. The van der Waals surface area contributed by atoms with Crippen molar-refractivity contribution in [1.29, 1.82) is 0 Å². The van der Waals surface area contributed by atoms with E-state index in [1.54, 1.807) is 12.1 Å². The van der Waals surface area contributed by atoms with E-state index in [0.29, 0.717) is 5.69 Å². The lowest BCUT2D eigenvalue weighted by molar-refractivity contribution is -0.138. The summed E-state index contributed by atoms with van der Waals surface area (Å²) in [6.07, 6.45) is -1.76. The van der Waals surface area contributed by atoms with Gasteiger partial charge in [0.2, 0.25) is 0 Å². The van der Waals surface area contributed by atoms with Gasteiger partial charge >= 0.3 is 12.1 Å². The van der Waals surface area contributed by atoms with Crippen molar-refractivity contribution in [3.63, 3.8) is 0 Å². The molecule has 0 saturated carbocycles. The predicted octanol–water partition coefficient (Wildman–Crippen LogP) is 3.54. The highest BCUT2D eigenvalue weighted by molar-refractivity contribution is 5.90. The maximum atomic E-state index is 12.8. The standard InChI is InChI=1S/C13H9F3N2O2/c14-13(15,16)11-7-9(1-2-10(11)12(19)20)18-8-3-5-17-6-4-8/h1-7H,(H,17,18)(H,19,20). The largest absolute Gasteiger partial charge is 0.478 e. The molecule has 0 amide bonds. The summed E-state index contributed by atoms with van der Waals surface area (Å²) in [7, 11) is 0. The molecule has 0 fully saturated rings. The lowest BCUT2D eigenvalue weighted by Gasteiger charge is -2.13.